The molecule has 2 rings (SSSR count). The van der Waals surface area contributed by atoms with Crippen LogP contribution in [0.5, 0.6) is 11.5 Å². The summed E-state index contributed by atoms with van der Waals surface area (Å²) in [6, 6.07) is 5.89. The van der Waals surface area contributed by atoms with E-state index in [2.05, 4.69) is 0 Å². The van der Waals surface area contributed by atoms with Gasteiger partial charge >= 0.3 is 12.0 Å². The predicted octanol–water partition coefficient (Wildman–Crippen LogP) is 0.589. The number of nitrogens with one attached hydrogen (secondary N) is 1. The molecule has 23 heavy (non-hydrogen) atoms. The summed E-state index contributed by atoms with van der Waals surface area (Å²) >= 11 is 0. The van der Waals surface area contributed by atoms with Crippen LogP contribution in [-0.4, -0.2) is 36.7 Å². The molecule has 3 amide bonds. The largest absolute Gasteiger partial charge is 0.485 e. The van der Waals surface area contributed by atoms with Crippen molar-refractivity contribution in [1.82, 2.24) is 5.32 Å². The first-order valence-electron chi connectivity index (χ1n) is 7.07. The Morgan fingerprint density at radius 1 is 1.26 bits per heavy atom. The molecule has 0 aliphatic carbocycles. The highest BCUT2D eigenvalue weighted by molar-refractivity contribution is 5.97. The molecule has 1 aliphatic heterocycles. The van der Waals surface area contributed by atoms with E-state index in [1.54, 1.807) is 38.1 Å². The number of para-hydroxylation sites is 2. The number of hydrogen-bond acceptors (Lipinski definition) is 6. The minimum Gasteiger partial charge on any atom is -0.485 e. The third kappa shape index (κ3) is 4.12. The third-order valence-electron chi connectivity index (χ3n) is 3.12. The third-order valence-corrected chi connectivity index (χ3v) is 3.12. The molecular formula is C15H18N2O6. The summed E-state index contributed by atoms with van der Waals surface area (Å²) < 4.78 is 16.1. The zero-order chi connectivity index (χ0) is 17.0. The molecule has 0 saturated heterocycles. The van der Waals surface area contributed by atoms with E-state index in [1.807, 2.05) is 5.32 Å². The SMILES string of the molecule is CC(C)[C@@H](OC(=O)[C@H]1COc2ccccc2O1)C(=O)NC(N)=O. The fourth-order valence-corrected chi connectivity index (χ4v) is 2.02. The fourth-order valence-electron chi connectivity index (χ4n) is 2.02. The number of primary amides is 1. The Morgan fingerprint density at radius 3 is 2.52 bits per heavy atom. The number of rotatable bonds is 4. The maximum Gasteiger partial charge on any atom is 0.351 e. The zero-order valence-corrected chi connectivity index (χ0v) is 12.8. The number of imide groups is 1. The van der Waals surface area contributed by atoms with E-state index in [1.165, 1.54) is 0 Å². The van der Waals surface area contributed by atoms with Crippen LogP contribution in [-0.2, 0) is 14.3 Å². The second-order valence-corrected chi connectivity index (χ2v) is 5.32. The highest BCUT2D eigenvalue weighted by Gasteiger charge is 2.34. The Bertz CT molecular complexity index is 616. The first-order valence-corrected chi connectivity index (χ1v) is 7.07. The molecule has 1 aliphatic rings. The lowest BCUT2D eigenvalue weighted by atomic mass is 10.1. The van der Waals surface area contributed by atoms with Crippen LogP contribution in [0, 0.1) is 5.92 Å². The Hall–Kier alpha value is -2.77. The average molecular weight is 322 g/mol. The molecule has 0 unspecified atom stereocenters. The zero-order valence-electron chi connectivity index (χ0n) is 12.8. The molecule has 0 spiro atoms. The molecule has 1 aromatic rings. The number of carbonyl (C=O) groups excluding carboxylic acids is 3. The van der Waals surface area contributed by atoms with Gasteiger partial charge in [-0.2, -0.15) is 0 Å². The molecule has 0 bridgehead atoms. The lowest BCUT2D eigenvalue weighted by Crippen LogP contribution is -2.48. The molecule has 1 heterocycles. The second-order valence-electron chi connectivity index (χ2n) is 5.32. The minimum absolute atomic E-state index is 0.0297. The summed E-state index contributed by atoms with van der Waals surface area (Å²) in [6.07, 6.45) is -2.15. The van der Waals surface area contributed by atoms with Gasteiger partial charge in [0.05, 0.1) is 0 Å². The van der Waals surface area contributed by atoms with Crippen molar-refractivity contribution in [3.63, 3.8) is 0 Å². The maximum atomic E-state index is 12.2. The van der Waals surface area contributed by atoms with Gasteiger partial charge in [-0.1, -0.05) is 26.0 Å². The van der Waals surface area contributed by atoms with Gasteiger partial charge in [0.15, 0.2) is 17.6 Å². The number of esters is 1. The van der Waals surface area contributed by atoms with Crippen molar-refractivity contribution in [3.8, 4) is 11.5 Å². The highest BCUT2D eigenvalue weighted by Crippen LogP contribution is 2.31. The van der Waals surface area contributed by atoms with Crippen LogP contribution in [0.15, 0.2) is 24.3 Å². The van der Waals surface area contributed by atoms with Crippen molar-refractivity contribution in [2.24, 2.45) is 11.7 Å². The topological polar surface area (TPSA) is 117 Å². The summed E-state index contributed by atoms with van der Waals surface area (Å²) in [5.41, 5.74) is 4.90. The number of hydrogen-bond donors (Lipinski definition) is 2. The molecule has 0 aromatic heterocycles. The Labute approximate surface area is 132 Å². The number of amides is 3. The number of ether oxygens (including phenoxy) is 3. The van der Waals surface area contributed by atoms with Crippen LogP contribution in [0.1, 0.15) is 13.8 Å². The van der Waals surface area contributed by atoms with Crippen molar-refractivity contribution in [3.05, 3.63) is 24.3 Å². The van der Waals surface area contributed by atoms with Crippen LogP contribution >= 0.6 is 0 Å². The van der Waals surface area contributed by atoms with Crippen molar-refractivity contribution in [1.29, 1.82) is 0 Å². The molecule has 8 heteroatoms. The van der Waals surface area contributed by atoms with Crippen molar-refractivity contribution >= 4 is 17.9 Å². The molecule has 124 valence electrons. The number of benzene rings is 1. The Kier molecular flexibility index (Phi) is 5.05. The molecular weight excluding hydrogens is 304 g/mol. The van der Waals surface area contributed by atoms with Crippen LogP contribution in [0.25, 0.3) is 0 Å². The van der Waals surface area contributed by atoms with E-state index >= 15 is 0 Å². The normalized spacial score (nSPS) is 17.3. The van der Waals surface area contributed by atoms with Gasteiger partial charge in [-0.25, -0.2) is 9.59 Å². The van der Waals surface area contributed by atoms with Crippen LogP contribution in [0.4, 0.5) is 4.79 Å². The Morgan fingerprint density at radius 2 is 1.91 bits per heavy atom. The van der Waals surface area contributed by atoms with E-state index < -0.39 is 30.1 Å². The number of nitrogens with two attached hydrogens (primary N) is 1. The van der Waals surface area contributed by atoms with E-state index in [0.717, 1.165) is 0 Å². The molecule has 1 aromatic carbocycles. The highest BCUT2D eigenvalue weighted by atomic mass is 16.6. The summed E-state index contributed by atoms with van der Waals surface area (Å²) in [6.45, 7) is 3.32. The van der Waals surface area contributed by atoms with Gasteiger partial charge in [-0.05, 0) is 18.1 Å². The quantitative estimate of drug-likeness (QED) is 0.784. The van der Waals surface area contributed by atoms with Crippen molar-refractivity contribution in [2.45, 2.75) is 26.1 Å². The molecule has 3 N–H and O–H groups in total. The molecule has 2 atom stereocenters. The summed E-state index contributed by atoms with van der Waals surface area (Å²) in [4.78, 5) is 34.8. The number of carbonyl (C=O) groups is 3. The maximum absolute atomic E-state index is 12.2. The van der Waals surface area contributed by atoms with Gasteiger partial charge in [0.1, 0.15) is 6.61 Å². The lowest BCUT2D eigenvalue weighted by molar-refractivity contribution is -0.167. The molecule has 0 radical (unpaired) electrons. The molecule has 0 saturated carbocycles. The van der Waals surface area contributed by atoms with Crippen LogP contribution in [0.2, 0.25) is 0 Å². The number of fused-ring (bicyclic) bond motifs is 1. The van der Waals surface area contributed by atoms with Gasteiger partial charge in [-0.3, -0.25) is 10.1 Å². The standard InChI is InChI=1S/C15H18N2O6/c1-8(2)12(13(18)17-15(16)20)23-14(19)11-7-21-9-5-3-4-6-10(9)22-11/h3-6,8,11-12H,7H2,1-2H3,(H3,16,17,18,20)/t11-,12-/m1/s1. The van der Waals surface area contributed by atoms with Gasteiger partial charge in [0, 0.05) is 0 Å². The monoisotopic (exact) mass is 322 g/mol. The molecule has 8 nitrogen and oxygen atoms in total. The van der Waals surface area contributed by atoms with Crippen molar-refractivity contribution in [2.75, 3.05) is 6.61 Å². The lowest BCUT2D eigenvalue weighted by Gasteiger charge is -2.27. The van der Waals surface area contributed by atoms with E-state index in [9.17, 15) is 14.4 Å². The second kappa shape index (κ2) is 6.99. The van der Waals surface area contributed by atoms with Gasteiger partial charge < -0.3 is 19.9 Å². The first kappa shape index (κ1) is 16.6. The Balaban J connectivity index is 2.02. The number of urea groups is 1. The fraction of sp³-hybridized carbons (Fsp3) is 0.400. The smallest absolute Gasteiger partial charge is 0.351 e. The van der Waals surface area contributed by atoms with Crippen LogP contribution < -0.4 is 20.5 Å². The summed E-state index contributed by atoms with van der Waals surface area (Å²) in [7, 11) is 0. The van der Waals surface area contributed by atoms with E-state index in [4.69, 9.17) is 19.9 Å². The summed E-state index contributed by atoms with van der Waals surface area (Å²) in [5, 5.41) is 1.90. The van der Waals surface area contributed by atoms with E-state index in [0.29, 0.717) is 11.5 Å². The van der Waals surface area contributed by atoms with Gasteiger partial charge in [0.2, 0.25) is 6.10 Å². The summed E-state index contributed by atoms with van der Waals surface area (Å²) in [5.74, 6) is -0.933. The predicted molar refractivity (Wildman–Crippen MR) is 78.8 cm³/mol. The van der Waals surface area contributed by atoms with Gasteiger partial charge in [-0.15, -0.1) is 0 Å². The minimum atomic E-state index is -1.16. The van der Waals surface area contributed by atoms with Crippen molar-refractivity contribution < 1.29 is 28.6 Å². The average Bonchev–Trinajstić information content (AvgIpc) is 2.50. The van der Waals surface area contributed by atoms with E-state index in [-0.39, 0.29) is 12.5 Å². The van der Waals surface area contributed by atoms with Crippen LogP contribution in [0.3, 0.4) is 0 Å². The first-order chi connectivity index (χ1) is 10.9. The molecule has 0 fully saturated rings. The van der Waals surface area contributed by atoms with Gasteiger partial charge in [0.25, 0.3) is 5.91 Å².